The Kier molecular flexibility index (Phi) is 4.72. The van der Waals surface area contributed by atoms with E-state index >= 15 is 0 Å². The first-order valence-corrected chi connectivity index (χ1v) is 8.07. The summed E-state index contributed by atoms with van der Waals surface area (Å²) in [4.78, 5) is 3.86. The molecule has 21 heavy (non-hydrogen) atoms. The monoisotopic (exact) mass is 351 g/mol. The van der Waals surface area contributed by atoms with Crippen molar-refractivity contribution in [2.75, 3.05) is 0 Å². The topological polar surface area (TPSA) is 108 Å². The van der Waals surface area contributed by atoms with E-state index in [1.807, 2.05) is 6.92 Å². The maximum Gasteiger partial charge on any atom is 0.264 e. The lowest BCUT2D eigenvalue weighted by atomic mass is 10.3. The van der Waals surface area contributed by atoms with E-state index in [9.17, 15) is 8.42 Å². The number of nitrogens with two attached hydrogens (primary N) is 1. The number of aromatic nitrogens is 2. The van der Waals surface area contributed by atoms with Crippen LogP contribution in [0.25, 0.3) is 0 Å². The zero-order valence-corrected chi connectivity index (χ0v) is 13.2. The van der Waals surface area contributed by atoms with Crippen molar-refractivity contribution >= 4 is 33.2 Å². The number of aryl methyl sites for hydroxylation is 1. The van der Waals surface area contributed by atoms with Crippen molar-refractivity contribution in [2.45, 2.75) is 24.8 Å². The Balaban J connectivity index is 2.21. The molecule has 0 saturated carbocycles. The van der Waals surface area contributed by atoms with E-state index in [0.717, 1.165) is 12.1 Å². The van der Waals surface area contributed by atoms with Crippen LogP contribution in [0.15, 0.2) is 21.6 Å². The summed E-state index contributed by atoms with van der Waals surface area (Å²) in [6.45, 7) is 1.84. The van der Waals surface area contributed by atoms with E-state index < -0.39 is 10.0 Å². The first-order chi connectivity index (χ1) is 9.81. The molecule has 0 aliphatic heterocycles. The minimum atomic E-state index is -3.90. The van der Waals surface area contributed by atoms with Crippen molar-refractivity contribution in [2.24, 2.45) is 5.14 Å². The van der Waals surface area contributed by atoms with Gasteiger partial charge in [0, 0.05) is 6.42 Å². The van der Waals surface area contributed by atoms with E-state index in [2.05, 4.69) is 10.1 Å². The van der Waals surface area contributed by atoms with Gasteiger partial charge in [0.1, 0.15) is 0 Å². The highest BCUT2D eigenvalue weighted by molar-refractivity contribution is 7.89. The molecular formula is C11H11Cl2N3O4S. The van der Waals surface area contributed by atoms with E-state index in [1.165, 1.54) is 0 Å². The van der Waals surface area contributed by atoms with Crippen molar-refractivity contribution in [3.05, 3.63) is 33.9 Å². The summed E-state index contributed by atoms with van der Waals surface area (Å²) in [7, 11) is -3.90. The fraction of sp³-hybridized carbons (Fsp3) is 0.273. The van der Waals surface area contributed by atoms with Crippen LogP contribution in [0.1, 0.15) is 18.6 Å². The van der Waals surface area contributed by atoms with Gasteiger partial charge in [-0.1, -0.05) is 35.3 Å². The highest BCUT2D eigenvalue weighted by Crippen LogP contribution is 2.35. The molecule has 0 atom stereocenters. The molecule has 1 aromatic heterocycles. The van der Waals surface area contributed by atoms with Crippen LogP contribution in [0.4, 0.5) is 0 Å². The molecule has 2 rings (SSSR count). The predicted octanol–water partition coefficient (Wildman–Crippen LogP) is 2.17. The van der Waals surface area contributed by atoms with Gasteiger partial charge in [-0.15, -0.1) is 0 Å². The minimum Gasteiger partial charge on any atom is -0.481 e. The Hall–Kier alpha value is -1.35. The lowest BCUT2D eigenvalue weighted by Gasteiger charge is -2.09. The first kappa shape index (κ1) is 16.0. The molecular weight excluding hydrogens is 341 g/mol. The Bertz CT molecular complexity index is 738. The number of primary sulfonamides is 1. The molecule has 2 aromatic rings. The summed E-state index contributed by atoms with van der Waals surface area (Å²) >= 11 is 11.9. The fourth-order valence-corrected chi connectivity index (χ4v) is 2.75. The molecule has 0 aliphatic carbocycles. The van der Waals surface area contributed by atoms with Crippen molar-refractivity contribution < 1.29 is 17.7 Å². The number of nitrogens with zero attached hydrogens (tertiary/aromatic N) is 2. The van der Waals surface area contributed by atoms with Crippen molar-refractivity contribution in [3.63, 3.8) is 0 Å². The largest absolute Gasteiger partial charge is 0.481 e. The van der Waals surface area contributed by atoms with E-state index in [0.29, 0.717) is 12.2 Å². The van der Waals surface area contributed by atoms with Gasteiger partial charge in [0.15, 0.2) is 18.2 Å². The number of sulfonamides is 1. The van der Waals surface area contributed by atoms with Crippen LogP contribution in [0.2, 0.25) is 10.0 Å². The number of hydrogen-bond donors (Lipinski definition) is 1. The minimum absolute atomic E-state index is 0.0155. The van der Waals surface area contributed by atoms with Crippen LogP contribution in [0.5, 0.6) is 5.75 Å². The molecule has 0 saturated heterocycles. The molecule has 1 heterocycles. The smallest absolute Gasteiger partial charge is 0.264 e. The third kappa shape index (κ3) is 3.85. The lowest BCUT2D eigenvalue weighted by molar-refractivity contribution is 0.242. The van der Waals surface area contributed by atoms with E-state index in [1.54, 1.807) is 0 Å². The zero-order chi connectivity index (χ0) is 15.6. The molecule has 10 heteroatoms. The van der Waals surface area contributed by atoms with Crippen LogP contribution in [-0.2, 0) is 23.1 Å². The average molecular weight is 352 g/mol. The molecule has 1 aromatic carbocycles. The van der Waals surface area contributed by atoms with Crippen LogP contribution >= 0.6 is 23.2 Å². The molecule has 114 valence electrons. The predicted molar refractivity (Wildman–Crippen MR) is 75.8 cm³/mol. The molecule has 0 aliphatic rings. The third-order valence-corrected chi connectivity index (χ3v) is 3.92. The van der Waals surface area contributed by atoms with Crippen molar-refractivity contribution in [1.82, 2.24) is 10.1 Å². The summed E-state index contributed by atoms with van der Waals surface area (Å²) < 4.78 is 32.8. The second-order valence-electron chi connectivity index (χ2n) is 4.01. The quantitative estimate of drug-likeness (QED) is 0.883. The van der Waals surface area contributed by atoms with Crippen molar-refractivity contribution in [1.29, 1.82) is 0 Å². The summed E-state index contributed by atoms with van der Waals surface area (Å²) in [5.74, 6) is 0.923. The third-order valence-electron chi connectivity index (χ3n) is 2.47. The zero-order valence-electron chi connectivity index (χ0n) is 10.8. The van der Waals surface area contributed by atoms with E-state index in [4.69, 9.17) is 37.6 Å². The number of hydrogen-bond acceptors (Lipinski definition) is 6. The summed E-state index contributed by atoms with van der Waals surface area (Å²) in [5, 5.41) is 8.75. The van der Waals surface area contributed by atoms with Crippen LogP contribution < -0.4 is 9.88 Å². The van der Waals surface area contributed by atoms with Crippen LogP contribution in [0.3, 0.4) is 0 Å². The van der Waals surface area contributed by atoms with Crippen molar-refractivity contribution in [3.8, 4) is 5.75 Å². The molecule has 0 amide bonds. The maximum atomic E-state index is 11.3. The van der Waals surface area contributed by atoms with Crippen LogP contribution in [-0.4, -0.2) is 18.6 Å². The van der Waals surface area contributed by atoms with Crippen LogP contribution in [0, 0.1) is 0 Å². The van der Waals surface area contributed by atoms with Gasteiger partial charge in [-0.3, -0.25) is 0 Å². The van der Waals surface area contributed by atoms with Gasteiger partial charge in [-0.2, -0.15) is 4.98 Å². The summed E-state index contributed by atoms with van der Waals surface area (Å²) in [5.41, 5.74) is 0. The normalized spacial score (nSPS) is 11.6. The fourth-order valence-electron chi connectivity index (χ4n) is 1.47. The molecule has 0 bridgehead atoms. The number of benzene rings is 1. The Morgan fingerprint density at radius 2 is 1.95 bits per heavy atom. The number of halogens is 2. The molecule has 0 radical (unpaired) electrons. The SMILES string of the molecule is CCc1noc(COc2c(Cl)cc(S(N)(=O)=O)cc2Cl)n1. The van der Waals surface area contributed by atoms with Gasteiger partial charge in [-0.05, 0) is 12.1 Å². The highest BCUT2D eigenvalue weighted by atomic mass is 35.5. The second-order valence-corrected chi connectivity index (χ2v) is 6.38. The highest BCUT2D eigenvalue weighted by Gasteiger charge is 2.16. The molecule has 0 spiro atoms. The molecule has 0 unspecified atom stereocenters. The standard InChI is InChI=1S/C11H11Cl2N3O4S/c1-2-9-15-10(20-16-9)5-19-11-7(12)3-6(4-8(11)13)21(14,17)18/h3-4H,2,5H2,1H3,(H2,14,17,18). The van der Waals surface area contributed by atoms with Gasteiger partial charge < -0.3 is 9.26 Å². The number of rotatable bonds is 5. The van der Waals surface area contributed by atoms with Gasteiger partial charge in [0.2, 0.25) is 10.0 Å². The number of ether oxygens (including phenoxy) is 1. The van der Waals surface area contributed by atoms with Gasteiger partial charge in [0.05, 0.1) is 14.9 Å². The Morgan fingerprint density at radius 3 is 2.43 bits per heavy atom. The molecule has 2 N–H and O–H groups in total. The Morgan fingerprint density at radius 1 is 1.33 bits per heavy atom. The van der Waals surface area contributed by atoms with Gasteiger partial charge in [-0.25, -0.2) is 13.6 Å². The van der Waals surface area contributed by atoms with E-state index in [-0.39, 0.29) is 33.2 Å². The maximum absolute atomic E-state index is 11.3. The average Bonchev–Trinajstić information content (AvgIpc) is 2.84. The molecule has 0 fully saturated rings. The second kappa shape index (κ2) is 6.18. The first-order valence-electron chi connectivity index (χ1n) is 5.77. The lowest BCUT2D eigenvalue weighted by Crippen LogP contribution is -2.12. The molecule has 7 nitrogen and oxygen atoms in total. The van der Waals surface area contributed by atoms with Gasteiger partial charge >= 0.3 is 0 Å². The summed E-state index contributed by atoms with van der Waals surface area (Å²) in [6, 6.07) is 2.31. The van der Waals surface area contributed by atoms with Gasteiger partial charge in [0.25, 0.3) is 5.89 Å². The Labute approximate surface area is 131 Å². The summed E-state index contributed by atoms with van der Waals surface area (Å²) in [6.07, 6.45) is 0.633.